The summed E-state index contributed by atoms with van der Waals surface area (Å²) in [5, 5.41) is 8.78. The molecule has 0 saturated heterocycles. The summed E-state index contributed by atoms with van der Waals surface area (Å²) in [6.45, 7) is 0.457. The Morgan fingerprint density at radius 3 is 2.57 bits per heavy atom. The van der Waals surface area contributed by atoms with Crippen LogP contribution in [0.4, 0.5) is 13.2 Å². The fourth-order valence-electron chi connectivity index (χ4n) is 2.34. The number of alkyl halides is 3. The van der Waals surface area contributed by atoms with Crippen LogP contribution in [0.1, 0.15) is 18.9 Å². The highest BCUT2D eigenvalue weighted by atomic mass is 35.5. The van der Waals surface area contributed by atoms with Gasteiger partial charge in [-0.1, -0.05) is 23.2 Å². The molecule has 1 aromatic rings. The van der Waals surface area contributed by atoms with Crippen LogP contribution in [-0.2, 0) is 23.9 Å². The van der Waals surface area contributed by atoms with Crippen LogP contribution in [0.2, 0.25) is 10.0 Å². The molecule has 30 heavy (non-hydrogen) atoms. The van der Waals surface area contributed by atoms with Crippen LogP contribution in [0, 0.1) is 10.1 Å². The highest BCUT2D eigenvalue weighted by molar-refractivity contribution is 6.36. The normalized spacial score (nSPS) is 16.5. The summed E-state index contributed by atoms with van der Waals surface area (Å²) in [6, 6.07) is 2.41. The Hall–Kier alpha value is -2.73. The topological polar surface area (TPSA) is 114 Å². The second-order valence-electron chi connectivity index (χ2n) is 5.71. The summed E-state index contributed by atoms with van der Waals surface area (Å²) in [7, 11) is 0. The van der Waals surface area contributed by atoms with Crippen LogP contribution in [0.3, 0.4) is 0 Å². The van der Waals surface area contributed by atoms with Gasteiger partial charge in [0.25, 0.3) is 5.09 Å². The average Bonchev–Trinajstić information content (AvgIpc) is 2.59. The SMILES string of the molecule is C[C@@H](OC(=O)CCO[N+](=O)[O-])OC(=O)C1=Cc2cc(Cl)cc(Cl)c2OC1C(F)(F)F. The Bertz CT molecular complexity index is 890. The van der Waals surface area contributed by atoms with Gasteiger partial charge in [0, 0.05) is 17.5 Å². The number of nitrogens with zero attached hydrogens (tertiary/aromatic N) is 1. The Labute approximate surface area is 176 Å². The quantitative estimate of drug-likeness (QED) is 0.254. The van der Waals surface area contributed by atoms with Gasteiger partial charge in [-0.25, -0.2) is 4.79 Å². The Kier molecular flexibility index (Phi) is 7.37. The molecule has 1 aromatic carbocycles. The maximum absolute atomic E-state index is 13.4. The van der Waals surface area contributed by atoms with Crippen molar-refractivity contribution in [2.75, 3.05) is 6.61 Å². The highest BCUT2D eigenvalue weighted by Gasteiger charge is 2.49. The summed E-state index contributed by atoms with van der Waals surface area (Å²) in [6.07, 6.45) is -8.97. The van der Waals surface area contributed by atoms with Crippen molar-refractivity contribution in [3.63, 3.8) is 0 Å². The number of esters is 2. The second-order valence-corrected chi connectivity index (χ2v) is 6.56. The average molecular weight is 474 g/mol. The Morgan fingerprint density at radius 1 is 1.30 bits per heavy atom. The van der Waals surface area contributed by atoms with E-state index in [1.165, 1.54) is 12.1 Å². The molecule has 0 aliphatic carbocycles. The molecule has 0 fully saturated rings. The number of rotatable bonds is 7. The lowest BCUT2D eigenvalue weighted by molar-refractivity contribution is -0.757. The van der Waals surface area contributed by atoms with Crippen LogP contribution in [0.5, 0.6) is 5.75 Å². The van der Waals surface area contributed by atoms with Crippen molar-refractivity contribution in [1.82, 2.24) is 0 Å². The maximum Gasteiger partial charge on any atom is 0.430 e. The van der Waals surface area contributed by atoms with Gasteiger partial charge in [-0.05, 0) is 18.2 Å². The molecule has 0 N–H and O–H groups in total. The smallest absolute Gasteiger partial charge is 0.430 e. The van der Waals surface area contributed by atoms with Crippen molar-refractivity contribution < 1.29 is 46.9 Å². The van der Waals surface area contributed by atoms with Gasteiger partial charge >= 0.3 is 18.1 Å². The molecular formula is C16H12Cl2F3NO8. The van der Waals surface area contributed by atoms with E-state index in [2.05, 4.69) is 9.57 Å². The monoisotopic (exact) mass is 473 g/mol. The third kappa shape index (κ3) is 6.13. The third-order valence-corrected chi connectivity index (χ3v) is 3.97. The lowest BCUT2D eigenvalue weighted by Gasteiger charge is -2.29. The van der Waals surface area contributed by atoms with E-state index in [0.29, 0.717) is 0 Å². The molecular weight excluding hydrogens is 462 g/mol. The summed E-state index contributed by atoms with van der Waals surface area (Å²) in [5.41, 5.74) is -0.908. The molecule has 1 unspecified atom stereocenters. The maximum atomic E-state index is 13.4. The van der Waals surface area contributed by atoms with Crippen LogP contribution in [-0.4, -0.2) is 42.2 Å². The zero-order valence-corrected chi connectivity index (χ0v) is 16.4. The van der Waals surface area contributed by atoms with Gasteiger partial charge in [0.05, 0.1) is 17.0 Å². The molecule has 2 rings (SSSR count). The van der Waals surface area contributed by atoms with Gasteiger partial charge in [0.2, 0.25) is 12.4 Å². The van der Waals surface area contributed by atoms with E-state index < -0.39 is 54.2 Å². The first-order valence-electron chi connectivity index (χ1n) is 8.00. The van der Waals surface area contributed by atoms with Crippen molar-refractivity contribution in [3.8, 4) is 5.75 Å². The molecule has 0 radical (unpaired) electrons. The van der Waals surface area contributed by atoms with Gasteiger partial charge in [0.15, 0.2) is 0 Å². The number of halogens is 5. The van der Waals surface area contributed by atoms with E-state index in [9.17, 15) is 32.9 Å². The van der Waals surface area contributed by atoms with E-state index >= 15 is 0 Å². The van der Waals surface area contributed by atoms with E-state index in [1.807, 2.05) is 0 Å². The van der Waals surface area contributed by atoms with Crippen molar-refractivity contribution in [3.05, 3.63) is 43.4 Å². The zero-order valence-electron chi connectivity index (χ0n) is 14.9. The first-order valence-corrected chi connectivity index (χ1v) is 8.76. The number of fused-ring (bicyclic) bond motifs is 1. The highest BCUT2D eigenvalue weighted by Crippen LogP contribution is 2.42. The van der Waals surface area contributed by atoms with Crippen molar-refractivity contribution in [1.29, 1.82) is 0 Å². The summed E-state index contributed by atoms with van der Waals surface area (Å²) >= 11 is 11.7. The predicted octanol–water partition coefficient (Wildman–Crippen LogP) is 3.73. The van der Waals surface area contributed by atoms with Gasteiger partial charge < -0.3 is 19.0 Å². The van der Waals surface area contributed by atoms with Gasteiger partial charge in [-0.3, -0.25) is 4.79 Å². The van der Waals surface area contributed by atoms with E-state index in [4.69, 9.17) is 32.7 Å². The number of ether oxygens (including phenoxy) is 3. The fraction of sp³-hybridized carbons (Fsp3) is 0.375. The lowest BCUT2D eigenvalue weighted by atomic mass is 10.0. The lowest BCUT2D eigenvalue weighted by Crippen LogP contribution is -2.41. The largest absolute Gasteiger partial charge is 0.474 e. The molecule has 0 amide bonds. The minimum Gasteiger partial charge on any atom is -0.474 e. The molecule has 0 saturated carbocycles. The summed E-state index contributed by atoms with van der Waals surface area (Å²) in [4.78, 5) is 37.7. The van der Waals surface area contributed by atoms with Gasteiger partial charge in [-0.2, -0.15) is 13.2 Å². The summed E-state index contributed by atoms with van der Waals surface area (Å²) in [5.74, 6) is -2.83. The van der Waals surface area contributed by atoms with E-state index in [0.717, 1.165) is 13.0 Å². The minimum absolute atomic E-state index is 0.0153. The molecule has 14 heteroatoms. The predicted molar refractivity (Wildman–Crippen MR) is 94.1 cm³/mol. The Morgan fingerprint density at radius 2 is 1.97 bits per heavy atom. The first-order chi connectivity index (χ1) is 13.9. The molecule has 164 valence electrons. The summed E-state index contributed by atoms with van der Waals surface area (Å²) < 4.78 is 54.5. The van der Waals surface area contributed by atoms with E-state index in [-0.39, 0.29) is 21.4 Å². The molecule has 1 aliphatic rings. The molecule has 0 aromatic heterocycles. The number of hydrogen-bond donors (Lipinski definition) is 0. The number of carbonyl (C=O) groups is 2. The van der Waals surface area contributed by atoms with Crippen molar-refractivity contribution in [2.24, 2.45) is 0 Å². The minimum atomic E-state index is -4.99. The van der Waals surface area contributed by atoms with Gasteiger partial charge in [0.1, 0.15) is 12.4 Å². The van der Waals surface area contributed by atoms with Crippen LogP contribution in [0.25, 0.3) is 6.08 Å². The van der Waals surface area contributed by atoms with Crippen molar-refractivity contribution in [2.45, 2.75) is 31.9 Å². The molecule has 0 bridgehead atoms. The van der Waals surface area contributed by atoms with Crippen molar-refractivity contribution >= 4 is 41.2 Å². The fourth-order valence-corrected chi connectivity index (χ4v) is 2.89. The Balaban J connectivity index is 2.15. The molecule has 9 nitrogen and oxygen atoms in total. The number of carbonyl (C=O) groups excluding carboxylic acids is 2. The molecule has 2 atom stereocenters. The van der Waals surface area contributed by atoms with E-state index in [1.54, 1.807) is 0 Å². The van der Waals surface area contributed by atoms with Crippen LogP contribution >= 0.6 is 23.2 Å². The second kappa shape index (κ2) is 9.39. The first kappa shape index (κ1) is 23.5. The molecule has 0 spiro atoms. The van der Waals surface area contributed by atoms with Crippen LogP contribution < -0.4 is 4.74 Å². The number of hydrogen-bond acceptors (Lipinski definition) is 8. The molecule has 1 heterocycles. The molecule has 1 aliphatic heterocycles. The third-order valence-electron chi connectivity index (χ3n) is 3.47. The van der Waals surface area contributed by atoms with Gasteiger partial charge in [-0.15, -0.1) is 10.1 Å². The number of benzene rings is 1. The van der Waals surface area contributed by atoms with Crippen LogP contribution in [0.15, 0.2) is 17.7 Å². The standard InChI is InChI=1S/C16H12Cl2F3NO8/c1-7(28-12(23)2-3-27-22(25)26)29-15(24)10-5-8-4-9(17)6-11(18)13(8)30-14(10)16(19,20)21/h4-7,14H,2-3H2,1H3/t7-,14?/m0/s1. The zero-order chi connectivity index (χ0) is 22.6.